The number of aromatic nitrogens is 1. The third-order valence-electron chi connectivity index (χ3n) is 1.14. The average molecular weight is 120 g/mol. The van der Waals surface area contributed by atoms with Gasteiger partial charge in [0.1, 0.15) is 0 Å². The summed E-state index contributed by atoms with van der Waals surface area (Å²) >= 11 is 0. The van der Waals surface area contributed by atoms with Crippen LogP contribution in [-0.2, 0) is 6.42 Å². The molecule has 0 aliphatic heterocycles. The maximum Gasteiger partial charge on any atom is 0.183 e. The smallest absolute Gasteiger partial charge is 0.183 e. The van der Waals surface area contributed by atoms with E-state index in [1.807, 2.05) is 30.5 Å². The van der Waals surface area contributed by atoms with Crippen LogP contribution in [0.3, 0.4) is 0 Å². The molecule has 0 aliphatic rings. The Morgan fingerprint density at radius 1 is 1.56 bits per heavy atom. The third kappa shape index (κ3) is 1.68. The predicted molar refractivity (Wildman–Crippen MR) is 36.9 cm³/mol. The summed E-state index contributed by atoms with van der Waals surface area (Å²) in [5, 5.41) is 0. The number of H-pyrrole nitrogens is 1. The van der Waals surface area contributed by atoms with Gasteiger partial charge in [-0.15, -0.1) is 6.58 Å². The molecule has 1 aromatic heterocycles. The number of rotatable bonds is 2. The fourth-order valence-electron chi connectivity index (χ4n) is 0.713. The first kappa shape index (κ1) is 6.02. The van der Waals surface area contributed by atoms with Crippen molar-refractivity contribution >= 4 is 0 Å². The topological polar surface area (TPSA) is 14.1 Å². The molecule has 9 heavy (non-hydrogen) atoms. The summed E-state index contributed by atoms with van der Waals surface area (Å²) < 4.78 is 0. The van der Waals surface area contributed by atoms with Crippen molar-refractivity contribution in [3.05, 3.63) is 42.7 Å². The monoisotopic (exact) mass is 120 g/mol. The lowest BCUT2D eigenvalue weighted by Gasteiger charge is -1.83. The number of nitrogens with one attached hydrogen (secondary N) is 1. The third-order valence-corrected chi connectivity index (χ3v) is 1.14. The van der Waals surface area contributed by atoms with Gasteiger partial charge in [0.05, 0.1) is 6.42 Å². The minimum absolute atomic E-state index is 0.918. The highest BCUT2D eigenvalue weighted by Crippen LogP contribution is 1.88. The van der Waals surface area contributed by atoms with Crippen LogP contribution in [0.5, 0.6) is 0 Å². The molecule has 1 nitrogen and oxygen atoms in total. The fraction of sp³-hybridized carbons (Fsp3) is 0.125. The zero-order valence-corrected chi connectivity index (χ0v) is 5.30. The molecule has 0 radical (unpaired) electrons. The second-order valence-electron chi connectivity index (χ2n) is 1.88. The normalized spacial score (nSPS) is 8.89. The van der Waals surface area contributed by atoms with Crippen molar-refractivity contribution in [1.29, 1.82) is 0 Å². The summed E-state index contributed by atoms with van der Waals surface area (Å²) in [4.78, 5) is 3.10. The molecule has 1 aromatic rings. The quantitative estimate of drug-likeness (QED) is 0.521. The molecule has 0 unspecified atom stereocenters. The lowest BCUT2D eigenvalue weighted by molar-refractivity contribution is -0.389. The largest absolute Gasteiger partial charge is 0.215 e. The highest BCUT2D eigenvalue weighted by Gasteiger charge is 1.91. The summed E-state index contributed by atoms with van der Waals surface area (Å²) in [7, 11) is 0. The van der Waals surface area contributed by atoms with Crippen LogP contribution in [0.25, 0.3) is 0 Å². The van der Waals surface area contributed by atoms with Crippen molar-refractivity contribution in [2.24, 2.45) is 0 Å². The Hall–Kier alpha value is -1.11. The first-order chi connectivity index (χ1) is 4.43. The second kappa shape index (κ2) is 3.02. The Morgan fingerprint density at radius 2 is 2.44 bits per heavy atom. The molecule has 1 N–H and O–H groups in total. The van der Waals surface area contributed by atoms with Crippen molar-refractivity contribution in [3.63, 3.8) is 0 Å². The van der Waals surface area contributed by atoms with Crippen molar-refractivity contribution in [2.75, 3.05) is 0 Å². The summed E-state index contributed by atoms with van der Waals surface area (Å²) in [6.07, 6.45) is 4.71. The Kier molecular flexibility index (Phi) is 2.02. The van der Waals surface area contributed by atoms with Gasteiger partial charge in [0, 0.05) is 12.1 Å². The van der Waals surface area contributed by atoms with E-state index in [0.717, 1.165) is 6.42 Å². The van der Waals surface area contributed by atoms with Crippen LogP contribution >= 0.6 is 0 Å². The zero-order chi connectivity index (χ0) is 6.53. The molecular weight excluding hydrogens is 110 g/mol. The van der Waals surface area contributed by atoms with Gasteiger partial charge in [-0.05, 0) is 0 Å². The van der Waals surface area contributed by atoms with Gasteiger partial charge in [0.15, 0.2) is 11.9 Å². The van der Waals surface area contributed by atoms with E-state index >= 15 is 0 Å². The minimum atomic E-state index is 0.918. The molecule has 0 amide bonds. The SMILES string of the molecule is C=CCc1cccc[nH+]1. The molecule has 1 rings (SSSR count). The number of allylic oxidation sites excluding steroid dienone is 1. The maximum atomic E-state index is 3.64. The summed E-state index contributed by atoms with van der Waals surface area (Å²) in [5.41, 5.74) is 1.20. The van der Waals surface area contributed by atoms with E-state index < -0.39 is 0 Å². The fourth-order valence-corrected chi connectivity index (χ4v) is 0.713. The highest BCUT2D eigenvalue weighted by molar-refractivity contribution is 4.99. The van der Waals surface area contributed by atoms with Gasteiger partial charge in [-0.1, -0.05) is 12.1 Å². The number of pyridine rings is 1. The zero-order valence-electron chi connectivity index (χ0n) is 5.30. The minimum Gasteiger partial charge on any atom is -0.215 e. The molecule has 46 valence electrons. The van der Waals surface area contributed by atoms with Gasteiger partial charge in [-0.25, -0.2) is 4.98 Å². The van der Waals surface area contributed by atoms with Gasteiger partial charge in [0.2, 0.25) is 0 Å². The first-order valence-electron chi connectivity index (χ1n) is 3.00. The molecular formula is C8H10N+. The van der Waals surface area contributed by atoms with Crippen molar-refractivity contribution in [2.45, 2.75) is 6.42 Å². The number of hydrogen-bond acceptors (Lipinski definition) is 0. The molecule has 1 heterocycles. The van der Waals surface area contributed by atoms with Crippen LogP contribution in [-0.4, -0.2) is 0 Å². The van der Waals surface area contributed by atoms with E-state index in [1.54, 1.807) is 0 Å². The molecule has 0 aromatic carbocycles. The molecule has 0 saturated heterocycles. The molecule has 0 atom stereocenters. The Labute approximate surface area is 55.1 Å². The van der Waals surface area contributed by atoms with E-state index in [9.17, 15) is 0 Å². The predicted octanol–water partition coefficient (Wildman–Crippen LogP) is 1.23. The molecule has 0 spiro atoms. The van der Waals surface area contributed by atoms with Gasteiger partial charge < -0.3 is 0 Å². The van der Waals surface area contributed by atoms with E-state index in [4.69, 9.17) is 0 Å². The van der Waals surface area contributed by atoms with Gasteiger partial charge in [-0.3, -0.25) is 0 Å². The lowest BCUT2D eigenvalue weighted by atomic mass is 10.3. The van der Waals surface area contributed by atoms with Crippen molar-refractivity contribution in [3.8, 4) is 0 Å². The molecule has 0 fully saturated rings. The van der Waals surface area contributed by atoms with Crippen LogP contribution in [0.2, 0.25) is 0 Å². The van der Waals surface area contributed by atoms with Gasteiger partial charge in [0.25, 0.3) is 0 Å². The van der Waals surface area contributed by atoms with Crippen LogP contribution in [0.1, 0.15) is 5.69 Å². The van der Waals surface area contributed by atoms with Crippen LogP contribution < -0.4 is 4.98 Å². The van der Waals surface area contributed by atoms with Gasteiger partial charge >= 0.3 is 0 Å². The molecule has 0 bridgehead atoms. The highest BCUT2D eigenvalue weighted by atomic mass is 14.7. The van der Waals surface area contributed by atoms with Crippen LogP contribution in [0, 0.1) is 0 Å². The lowest BCUT2D eigenvalue weighted by Crippen LogP contribution is -2.07. The number of aromatic amines is 1. The van der Waals surface area contributed by atoms with Gasteiger partial charge in [-0.2, -0.15) is 0 Å². The Bertz CT molecular complexity index is 179. The van der Waals surface area contributed by atoms with E-state index in [-0.39, 0.29) is 0 Å². The average Bonchev–Trinajstić information content (AvgIpc) is 1.91. The Morgan fingerprint density at radius 3 is 3.00 bits per heavy atom. The van der Waals surface area contributed by atoms with E-state index in [0.29, 0.717) is 0 Å². The Balaban J connectivity index is 2.72. The first-order valence-corrected chi connectivity index (χ1v) is 3.00. The number of hydrogen-bond donors (Lipinski definition) is 0. The van der Waals surface area contributed by atoms with Crippen molar-refractivity contribution in [1.82, 2.24) is 0 Å². The standard InChI is InChI=1S/C8H9N/c1-2-5-8-6-3-4-7-9-8/h2-4,6-7H,1,5H2/p+1. The van der Waals surface area contributed by atoms with E-state index in [2.05, 4.69) is 11.6 Å². The summed E-state index contributed by atoms with van der Waals surface area (Å²) in [5.74, 6) is 0. The summed E-state index contributed by atoms with van der Waals surface area (Å²) in [6, 6.07) is 6.02. The van der Waals surface area contributed by atoms with Crippen molar-refractivity contribution < 1.29 is 4.98 Å². The maximum absolute atomic E-state index is 3.64. The second-order valence-corrected chi connectivity index (χ2v) is 1.88. The van der Waals surface area contributed by atoms with E-state index in [1.165, 1.54) is 5.69 Å². The van der Waals surface area contributed by atoms with Crippen LogP contribution in [0.15, 0.2) is 37.1 Å². The van der Waals surface area contributed by atoms with Crippen LogP contribution in [0.4, 0.5) is 0 Å². The molecule has 1 heteroatoms. The summed E-state index contributed by atoms with van der Waals surface area (Å²) in [6.45, 7) is 3.64. The molecule has 0 saturated carbocycles. The molecule has 0 aliphatic carbocycles.